The van der Waals surface area contributed by atoms with Crippen LogP contribution in [-0.4, -0.2) is 30.9 Å². The molecule has 0 N–H and O–H groups in total. The van der Waals surface area contributed by atoms with Crippen LogP contribution in [0.1, 0.15) is 56.9 Å². The van der Waals surface area contributed by atoms with Gasteiger partial charge in [0.2, 0.25) is 0 Å². The molecule has 1 aromatic heterocycles. The Labute approximate surface area is 201 Å². The zero-order valence-electron chi connectivity index (χ0n) is 21.1. The smallest absolute Gasteiger partial charge is 0.488 e. The Balaban J connectivity index is 1.64. The number of fused-ring (bicyclic) bond motifs is 1. The van der Waals surface area contributed by atoms with Gasteiger partial charge in [-0.15, -0.1) is 0 Å². The Hall–Kier alpha value is -2.77. The van der Waals surface area contributed by atoms with E-state index in [4.69, 9.17) is 23.2 Å². The minimum atomic E-state index is -0.543. The summed E-state index contributed by atoms with van der Waals surface area (Å²) in [5, 5.41) is 0.957. The van der Waals surface area contributed by atoms with Crippen molar-refractivity contribution in [2.75, 3.05) is 6.61 Å². The molecule has 0 aliphatic carbocycles. The second-order valence-corrected chi connectivity index (χ2v) is 9.88. The fourth-order valence-electron chi connectivity index (χ4n) is 4.11. The van der Waals surface area contributed by atoms with E-state index in [0.717, 1.165) is 44.4 Å². The van der Waals surface area contributed by atoms with Crippen molar-refractivity contribution in [1.29, 1.82) is 0 Å². The quantitative estimate of drug-likeness (QED) is 0.361. The molecule has 1 saturated heterocycles. The Bertz CT molecular complexity index is 1190. The van der Waals surface area contributed by atoms with Gasteiger partial charge in [-0.25, -0.2) is 0 Å². The lowest BCUT2D eigenvalue weighted by atomic mass is 9.77. The summed E-state index contributed by atoms with van der Waals surface area (Å²) in [5.74, 6) is 0.455. The van der Waals surface area contributed by atoms with E-state index in [1.165, 1.54) is 0 Å². The highest BCUT2D eigenvalue weighted by atomic mass is 16.7. The van der Waals surface area contributed by atoms with Gasteiger partial charge in [0.1, 0.15) is 17.9 Å². The van der Waals surface area contributed by atoms with Crippen molar-refractivity contribution >= 4 is 29.5 Å². The zero-order chi connectivity index (χ0) is 24.7. The van der Waals surface area contributed by atoms with E-state index >= 15 is 0 Å². The predicted octanol–water partition coefficient (Wildman–Crippen LogP) is 5.03. The van der Waals surface area contributed by atoms with Gasteiger partial charge < -0.3 is 23.2 Å². The van der Waals surface area contributed by atoms with E-state index in [2.05, 4.69) is 0 Å². The van der Waals surface area contributed by atoms with Crippen molar-refractivity contribution in [3.05, 3.63) is 58.8 Å². The number of hydrogen-bond donors (Lipinski definition) is 0. The van der Waals surface area contributed by atoms with Gasteiger partial charge in [0.25, 0.3) is 0 Å². The molecule has 1 fully saturated rings. The van der Waals surface area contributed by atoms with Crippen LogP contribution in [0.4, 0.5) is 0 Å². The lowest BCUT2D eigenvalue weighted by Gasteiger charge is -2.32. The summed E-state index contributed by atoms with van der Waals surface area (Å²) in [7, 11) is -0.543. The van der Waals surface area contributed by atoms with E-state index < -0.39 is 18.3 Å². The highest BCUT2D eigenvalue weighted by Crippen LogP contribution is 2.37. The zero-order valence-corrected chi connectivity index (χ0v) is 21.1. The molecule has 1 aliphatic rings. The molecule has 0 radical (unpaired) electrons. The van der Waals surface area contributed by atoms with Crippen LogP contribution in [0, 0.1) is 13.8 Å². The van der Waals surface area contributed by atoms with Gasteiger partial charge >= 0.3 is 13.1 Å². The Morgan fingerprint density at radius 2 is 1.74 bits per heavy atom. The lowest BCUT2D eigenvalue weighted by Crippen LogP contribution is -2.41. The molecule has 3 aromatic rings. The first kappa shape index (κ1) is 24.4. The fraction of sp³-hybridized carbons (Fsp3) is 0.444. The van der Waals surface area contributed by atoms with Crippen LogP contribution < -0.4 is 10.2 Å². The first-order valence-corrected chi connectivity index (χ1v) is 11.8. The summed E-state index contributed by atoms with van der Waals surface area (Å²) >= 11 is 0. The van der Waals surface area contributed by atoms with Gasteiger partial charge in [-0.05, 0) is 77.3 Å². The first-order valence-electron chi connectivity index (χ1n) is 11.8. The molecule has 0 saturated carbocycles. The van der Waals surface area contributed by atoms with Crippen LogP contribution in [0.15, 0.2) is 41.0 Å². The third-order valence-electron chi connectivity index (χ3n) is 6.93. The topological polar surface area (TPSA) is 67.1 Å². The normalized spacial score (nSPS) is 16.7. The summed E-state index contributed by atoms with van der Waals surface area (Å²) in [6, 6.07) is 9.93. The highest BCUT2D eigenvalue weighted by molar-refractivity contribution is 6.64. The summed E-state index contributed by atoms with van der Waals surface area (Å²) in [4.78, 5) is 12.1. The molecule has 0 atom stereocenters. The molecule has 180 valence electrons. The van der Waals surface area contributed by atoms with Crippen molar-refractivity contribution in [1.82, 2.24) is 0 Å². The van der Waals surface area contributed by atoms with Gasteiger partial charge in [-0.2, -0.15) is 0 Å². The summed E-state index contributed by atoms with van der Waals surface area (Å²) in [6.45, 7) is 14.7. The molecule has 2 aromatic carbocycles. The number of benzene rings is 2. The van der Waals surface area contributed by atoms with Gasteiger partial charge in [0, 0.05) is 16.4 Å². The van der Waals surface area contributed by atoms with Gasteiger partial charge in [0.15, 0.2) is 0 Å². The largest absolute Gasteiger partial charge is 0.498 e. The van der Waals surface area contributed by atoms with Gasteiger partial charge in [-0.1, -0.05) is 18.2 Å². The Kier molecular flexibility index (Phi) is 6.53. The molecule has 0 unspecified atom stereocenters. The van der Waals surface area contributed by atoms with Crippen LogP contribution in [0.3, 0.4) is 0 Å². The molecule has 0 spiro atoms. The number of hydrogen-bond acceptors (Lipinski definition) is 6. The standard InChI is InChI=1S/C27H33BO6/c1-8-30-23(29)15-20-10-9-17(2)18(3)24(20)32-16-19-13-21-11-12-31-25(21)22(14-19)28-33-26(4,5)27(6,7)34-28/h9-14H,8,15-16H2,1-7H3. The van der Waals surface area contributed by atoms with Crippen molar-refractivity contribution in [3.8, 4) is 5.75 Å². The second-order valence-electron chi connectivity index (χ2n) is 9.88. The number of furan rings is 1. The van der Waals surface area contributed by atoms with Crippen molar-refractivity contribution in [2.45, 2.75) is 72.7 Å². The molecular formula is C27H33BO6. The molecule has 0 bridgehead atoms. The van der Waals surface area contributed by atoms with Crippen LogP contribution >= 0.6 is 0 Å². The van der Waals surface area contributed by atoms with Gasteiger partial charge in [-0.3, -0.25) is 4.79 Å². The molecule has 2 heterocycles. The Morgan fingerprint density at radius 3 is 2.41 bits per heavy atom. The number of esters is 1. The van der Waals surface area contributed by atoms with Crippen LogP contribution in [0.5, 0.6) is 5.75 Å². The number of ether oxygens (including phenoxy) is 2. The highest BCUT2D eigenvalue weighted by Gasteiger charge is 2.52. The molecular weight excluding hydrogens is 431 g/mol. The number of aryl methyl sites for hydroxylation is 1. The minimum Gasteiger partial charge on any atom is -0.488 e. The molecule has 0 amide bonds. The lowest BCUT2D eigenvalue weighted by molar-refractivity contribution is -0.142. The minimum absolute atomic E-state index is 0.171. The van der Waals surface area contributed by atoms with E-state index in [0.29, 0.717) is 13.2 Å². The fourth-order valence-corrected chi connectivity index (χ4v) is 4.11. The third-order valence-corrected chi connectivity index (χ3v) is 6.93. The SMILES string of the molecule is CCOC(=O)Cc1ccc(C)c(C)c1OCc1cc(B2OC(C)(C)C(C)(C)O2)c2occc2c1. The number of rotatable bonds is 7. The molecule has 4 rings (SSSR count). The van der Waals surface area contributed by atoms with Crippen LogP contribution in [0.2, 0.25) is 0 Å². The monoisotopic (exact) mass is 464 g/mol. The maximum atomic E-state index is 12.1. The van der Waals surface area contributed by atoms with Gasteiger partial charge in [0.05, 0.1) is 30.5 Å². The Morgan fingerprint density at radius 1 is 1.03 bits per heavy atom. The van der Waals surface area contributed by atoms with Crippen LogP contribution in [-0.2, 0) is 31.9 Å². The molecule has 6 nitrogen and oxygen atoms in total. The van der Waals surface area contributed by atoms with E-state index in [1.807, 2.05) is 71.9 Å². The predicted molar refractivity (Wildman–Crippen MR) is 133 cm³/mol. The van der Waals surface area contributed by atoms with Crippen molar-refractivity contribution in [2.24, 2.45) is 0 Å². The summed E-state index contributed by atoms with van der Waals surface area (Å²) in [5.41, 5.74) is 4.57. The number of carbonyl (C=O) groups excluding carboxylic acids is 1. The average molecular weight is 464 g/mol. The number of carbonyl (C=O) groups is 1. The maximum Gasteiger partial charge on any atom is 0.498 e. The average Bonchev–Trinajstić information content (AvgIpc) is 3.31. The van der Waals surface area contributed by atoms with Crippen molar-refractivity contribution in [3.63, 3.8) is 0 Å². The van der Waals surface area contributed by atoms with Crippen LogP contribution in [0.25, 0.3) is 11.0 Å². The third kappa shape index (κ3) is 4.59. The second kappa shape index (κ2) is 9.12. The van der Waals surface area contributed by atoms with E-state index in [-0.39, 0.29) is 12.4 Å². The molecule has 7 heteroatoms. The first-order chi connectivity index (χ1) is 16.0. The van der Waals surface area contributed by atoms with E-state index in [1.54, 1.807) is 13.2 Å². The molecule has 34 heavy (non-hydrogen) atoms. The molecule has 1 aliphatic heterocycles. The van der Waals surface area contributed by atoms with E-state index in [9.17, 15) is 4.79 Å². The summed E-state index contributed by atoms with van der Waals surface area (Å²) < 4.78 is 29.8. The maximum absolute atomic E-state index is 12.1. The summed E-state index contributed by atoms with van der Waals surface area (Å²) in [6.07, 6.45) is 1.84. The van der Waals surface area contributed by atoms with Crippen molar-refractivity contribution < 1.29 is 28.0 Å².